The van der Waals surface area contributed by atoms with E-state index < -0.39 is 6.10 Å². The summed E-state index contributed by atoms with van der Waals surface area (Å²) in [4.78, 5) is 0.867. The van der Waals surface area contributed by atoms with Crippen molar-refractivity contribution < 1.29 is 9.84 Å². The van der Waals surface area contributed by atoms with Crippen LogP contribution in [0.25, 0.3) is 0 Å². The van der Waals surface area contributed by atoms with E-state index in [2.05, 4.69) is 19.1 Å². The lowest BCUT2D eigenvalue weighted by Gasteiger charge is -2.12. The van der Waals surface area contributed by atoms with Gasteiger partial charge in [0.2, 0.25) is 0 Å². The molecule has 96 valence electrons. The van der Waals surface area contributed by atoms with Crippen molar-refractivity contribution in [1.29, 1.82) is 0 Å². The van der Waals surface area contributed by atoms with Crippen LogP contribution >= 0.6 is 11.3 Å². The second-order valence-electron chi connectivity index (χ2n) is 4.25. The van der Waals surface area contributed by atoms with Crippen molar-refractivity contribution in [3.63, 3.8) is 0 Å². The summed E-state index contributed by atoms with van der Waals surface area (Å²) in [6.45, 7) is 2.16. The van der Waals surface area contributed by atoms with Crippen LogP contribution in [-0.4, -0.2) is 12.2 Å². The number of methoxy groups -OCH3 is 1. The summed E-state index contributed by atoms with van der Waals surface area (Å²) in [5.41, 5.74) is 2.20. The number of aliphatic hydroxyl groups excluding tert-OH is 1. The summed E-state index contributed by atoms with van der Waals surface area (Å²) in [6, 6.07) is 10.0. The number of hydrogen-bond acceptors (Lipinski definition) is 3. The van der Waals surface area contributed by atoms with Crippen LogP contribution in [0.1, 0.15) is 35.5 Å². The highest BCUT2D eigenvalue weighted by Gasteiger charge is 2.16. The molecule has 0 fully saturated rings. The maximum Gasteiger partial charge on any atom is 0.135 e. The summed E-state index contributed by atoms with van der Waals surface area (Å²) in [5.74, 6) is 0.758. The fourth-order valence-corrected chi connectivity index (χ4v) is 2.91. The molecule has 1 N–H and O–H groups in total. The summed E-state index contributed by atoms with van der Waals surface area (Å²) in [7, 11) is 1.63. The molecule has 1 atom stereocenters. The Bertz CT molecular complexity index is 505. The lowest BCUT2D eigenvalue weighted by atomic mass is 10.0. The van der Waals surface area contributed by atoms with E-state index in [-0.39, 0.29) is 0 Å². The molecule has 0 spiro atoms. The zero-order chi connectivity index (χ0) is 13.0. The van der Waals surface area contributed by atoms with Gasteiger partial charge in [-0.2, -0.15) is 0 Å². The first-order chi connectivity index (χ1) is 8.76. The predicted molar refractivity (Wildman–Crippen MR) is 75.4 cm³/mol. The SMILES string of the molecule is CCCc1cccc(C(O)c2sccc2OC)c1. The molecule has 2 nitrogen and oxygen atoms in total. The van der Waals surface area contributed by atoms with Gasteiger partial charge in [0.15, 0.2) is 0 Å². The molecule has 3 heteroatoms. The van der Waals surface area contributed by atoms with Gasteiger partial charge < -0.3 is 9.84 Å². The Morgan fingerprint density at radius 1 is 1.33 bits per heavy atom. The number of aryl methyl sites for hydroxylation is 1. The lowest BCUT2D eigenvalue weighted by Crippen LogP contribution is -2.00. The Kier molecular flexibility index (Phi) is 4.39. The van der Waals surface area contributed by atoms with Crippen molar-refractivity contribution >= 4 is 11.3 Å². The molecule has 1 aromatic heterocycles. The molecular formula is C15H18O2S. The minimum absolute atomic E-state index is 0.600. The van der Waals surface area contributed by atoms with Gasteiger partial charge in [-0.1, -0.05) is 37.6 Å². The van der Waals surface area contributed by atoms with Crippen LogP contribution in [0.3, 0.4) is 0 Å². The third kappa shape index (κ3) is 2.74. The van der Waals surface area contributed by atoms with Crippen LogP contribution in [-0.2, 0) is 6.42 Å². The number of thiophene rings is 1. The molecule has 0 bridgehead atoms. The third-order valence-corrected chi connectivity index (χ3v) is 3.88. The number of hydrogen-bond donors (Lipinski definition) is 1. The Hall–Kier alpha value is -1.32. The number of benzene rings is 1. The van der Waals surface area contributed by atoms with E-state index in [4.69, 9.17) is 4.74 Å². The molecule has 0 amide bonds. The summed E-state index contributed by atoms with van der Waals surface area (Å²) in [5, 5.41) is 12.4. The lowest BCUT2D eigenvalue weighted by molar-refractivity contribution is 0.219. The molecule has 0 saturated heterocycles. The van der Waals surface area contributed by atoms with E-state index in [1.807, 2.05) is 23.6 Å². The van der Waals surface area contributed by atoms with Crippen molar-refractivity contribution in [2.24, 2.45) is 0 Å². The smallest absolute Gasteiger partial charge is 0.135 e. The van der Waals surface area contributed by atoms with Crippen molar-refractivity contribution in [1.82, 2.24) is 0 Å². The van der Waals surface area contributed by atoms with E-state index in [0.717, 1.165) is 29.0 Å². The second kappa shape index (κ2) is 6.03. The highest BCUT2D eigenvalue weighted by molar-refractivity contribution is 7.10. The monoisotopic (exact) mass is 262 g/mol. The predicted octanol–water partition coefficient (Wildman–Crippen LogP) is 3.79. The van der Waals surface area contributed by atoms with Gasteiger partial charge in [0.1, 0.15) is 11.9 Å². The van der Waals surface area contributed by atoms with E-state index in [1.165, 1.54) is 16.9 Å². The zero-order valence-corrected chi connectivity index (χ0v) is 11.5. The van der Waals surface area contributed by atoms with Gasteiger partial charge in [-0.3, -0.25) is 0 Å². The first-order valence-corrected chi connectivity index (χ1v) is 7.02. The quantitative estimate of drug-likeness (QED) is 0.888. The fourth-order valence-electron chi connectivity index (χ4n) is 2.04. The van der Waals surface area contributed by atoms with Crippen LogP contribution in [0, 0.1) is 0 Å². The highest BCUT2D eigenvalue weighted by atomic mass is 32.1. The van der Waals surface area contributed by atoms with Crippen molar-refractivity contribution in [2.45, 2.75) is 25.9 Å². The third-order valence-electron chi connectivity index (χ3n) is 2.93. The van der Waals surface area contributed by atoms with Crippen LogP contribution < -0.4 is 4.74 Å². The van der Waals surface area contributed by atoms with Gasteiger partial charge in [-0.05, 0) is 29.0 Å². The van der Waals surface area contributed by atoms with Crippen molar-refractivity contribution in [3.05, 3.63) is 51.7 Å². The molecule has 1 aromatic carbocycles. The van der Waals surface area contributed by atoms with Crippen LogP contribution in [0.2, 0.25) is 0 Å². The molecule has 2 rings (SSSR count). The van der Waals surface area contributed by atoms with Gasteiger partial charge in [0.25, 0.3) is 0 Å². The van der Waals surface area contributed by atoms with E-state index >= 15 is 0 Å². The van der Waals surface area contributed by atoms with E-state index in [1.54, 1.807) is 7.11 Å². The van der Waals surface area contributed by atoms with Gasteiger partial charge >= 0.3 is 0 Å². The average molecular weight is 262 g/mol. The van der Waals surface area contributed by atoms with Crippen LogP contribution in [0.4, 0.5) is 0 Å². The number of aliphatic hydroxyl groups is 1. The standard InChI is InChI=1S/C15H18O2S/c1-3-5-11-6-4-7-12(10-11)14(16)15-13(17-2)8-9-18-15/h4,6-10,14,16H,3,5H2,1-2H3. The van der Waals surface area contributed by atoms with E-state index in [9.17, 15) is 5.11 Å². The van der Waals surface area contributed by atoms with Crippen molar-refractivity contribution in [2.75, 3.05) is 7.11 Å². The molecular weight excluding hydrogens is 244 g/mol. The number of rotatable bonds is 5. The topological polar surface area (TPSA) is 29.5 Å². The molecule has 0 aliphatic heterocycles. The van der Waals surface area contributed by atoms with Gasteiger partial charge in [0, 0.05) is 0 Å². The summed E-state index contributed by atoms with van der Waals surface area (Å²) in [6.07, 6.45) is 1.56. The molecule has 18 heavy (non-hydrogen) atoms. The Labute approximate surface area is 112 Å². The molecule has 0 radical (unpaired) electrons. The fraction of sp³-hybridized carbons (Fsp3) is 0.333. The molecule has 1 heterocycles. The van der Waals surface area contributed by atoms with E-state index in [0.29, 0.717) is 0 Å². The molecule has 0 aliphatic carbocycles. The minimum atomic E-state index is -0.600. The summed E-state index contributed by atoms with van der Waals surface area (Å²) >= 11 is 1.52. The molecule has 1 unspecified atom stereocenters. The van der Waals surface area contributed by atoms with Crippen LogP contribution in [0.15, 0.2) is 35.7 Å². The maximum absolute atomic E-state index is 10.4. The number of ether oxygens (including phenoxy) is 1. The average Bonchev–Trinajstić information content (AvgIpc) is 2.87. The summed E-state index contributed by atoms with van der Waals surface area (Å²) < 4.78 is 5.26. The van der Waals surface area contributed by atoms with Gasteiger partial charge in [-0.25, -0.2) is 0 Å². The largest absolute Gasteiger partial charge is 0.495 e. The molecule has 2 aromatic rings. The Morgan fingerprint density at radius 2 is 2.17 bits per heavy atom. The second-order valence-corrected chi connectivity index (χ2v) is 5.20. The Morgan fingerprint density at radius 3 is 2.89 bits per heavy atom. The van der Waals surface area contributed by atoms with Crippen molar-refractivity contribution in [3.8, 4) is 5.75 Å². The maximum atomic E-state index is 10.4. The first-order valence-electron chi connectivity index (χ1n) is 6.14. The minimum Gasteiger partial charge on any atom is -0.495 e. The zero-order valence-electron chi connectivity index (χ0n) is 10.7. The highest BCUT2D eigenvalue weighted by Crippen LogP contribution is 2.34. The normalized spacial score (nSPS) is 12.4. The molecule has 0 saturated carbocycles. The van der Waals surface area contributed by atoms with Gasteiger partial charge in [0.05, 0.1) is 12.0 Å². The van der Waals surface area contributed by atoms with Gasteiger partial charge in [-0.15, -0.1) is 11.3 Å². The van der Waals surface area contributed by atoms with Crippen LogP contribution in [0.5, 0.6) is 5.75 Å². The Balaban J connectivity index is 2.28. The molecule has 0 aliphatic rings. The first kappa shape index (κ1) is 13.1.